The first-order valence-corrected chi connectivity index (χ1v) is 8.83. The molecule has 0 bridgehead atoms. The fourth-order valence-electron chi connectivity index (χ4n) is 3.39. The molecule has 1 atom stereocenters. The first-order chi connectivity index (χ1) is 9.36. The zero-order valence-corrected chi connectivity index (χ0v) is 13.1. The van der Waals surface area contributed by atoms with Crippen LogP contribution in [0.5, 0.6) is 0 Å². The van der Waals surface area contributed by atoms with Gasteiger partial charge in [-0.05, 0) is 25.2 Å². The van der Waals surface area contributed by atoms with Gasteiger partial charge in [-0.3, -0.25) is 11.3 Å². The first kappa shape index (κ1) is 17.0. The summed E-state index contributed by atoms with van der Waals surface area (Å²) in [6.45, 7) is 2.28. The van der Waals surface area contributed by atoms with E-state index in [0.29, 0.717) is 6.04 Å². The van der Waals surface area contributed by atoms with Crippen molar-refractivity contribution in [1.29, 1.82) is 0 Å². The van der Waals surface area contributed by atoms with Crippen LogP contribution in [-0.2, 0) is 0 Å². The fraction of sp³-hybridized carbons (Fsp3) is 1.00. The van der Waals surface area contributed by atoms with Gasteiger partial charge in [-0.25, -0.2) is 0 Å². The Kier molecular flexibility index (Phi) is 10.5. The molecule has 3 N–H and O–H groups in total. The van der Waals surface area contributed by atoms with Crippen LogP contribution in [0.1, 0.15) is 96.8 Å². The summed E-state index contributed by atoms with van der Waals surface area (Å²) >= 11 is 0. The molecule has 0 radical (unpaired) electrons. The number of hydrogen-bond donors (Lipinski definition) is 2. The van der Waals surface area contributed by atoms with Crippen molar-refractivity contribution in [2.75, 3.05) is 0 Å². The second kappa shape index (κ2) is 11.7. The maximum Gasteiger partial charge on any atom is 0.0210 e. The molecule has 1 fully saturated rings. The van der Waals surface area contributed by atoms with Gasteiger partial charge in [0.1, 0.15) is 0 Å². The number of nitrogens with two attached hydrogens (primary N) is 1. The van der Waals surface area contributed by atoms with Crippen LogP contribution in [0.4, 0.5) is 0 Å². The Morgan fingerprint density at radius 1 is 0.947 bits per heavy atom. The van der Waals surface area contributed by atoms with Crippen LogP contribution < -0.4 is 11.3 Å². The molecule has 0 heterocycles. The van der Waals surface area contributed by atoms with Gasteiger partial charge in [0.05, 0.1) is 0 Å². The highest BCUT2D eigenvalue weighted by molar-refractivity contribution is 4.71. The molecular formula is C17H36N2. The van der Waals surface area contributed by atoms with Crippen LogP contribution in [-0.4, -0.2) is 6.04 Å². The standard InChI is InChI=1S/C17H36N2/c1-2-3-4-5-6-7-8-13-17(19-18)15-14-16-11-9-10-12-16/h16-17,19H,2-15,18H2,1H3. The SMILES string of the molecule is CCCCCCCCCC(CCC1CCCC1)NN. The van der Waals surface area contributed by atoms with Crippen LogP contribution in [0.2, 0.25) is 0 Å². The predicted molar refractivity (Wildman–Crippen MR) is 84.9 cm³/mol. The van der Waals surface area contributed by atoms with E-state index in [9.17, 15) is 0 Å². The van der Waals surface area contributed by atoms with Crippen LogP contribution in [0, 0.1) is 5.92 Å². The van der Waals surface area contributed by atoms with Gasteiger partial charge < -0.3 is 0 Å². The topological polar surface area (TPSA) is 38.0 Å². The highest BCUT2D eigenvalue weighted by atomic mass is 15.2. The Morgan fingerprint density at radius 2 is 1.58 bits per heavy atom. The van der Waals surface area contributed by atoms with E-state index in [2.05, 4.69) is 12.3 Å². The summed E-state index contributed by atoms with van der Waals surface area (Å²) in [4.78, 5) is 0. The van der Waals surface area contributed by atoms with Crippen molar-refractivity contribution < 1.29 is 0 Å². The lowest BCUT2D eigenvalue weighted by Crippen LogP contribution is -2.35. The highest BCUT2D eigenvalue weighted by Gasteiger charge is 2.16. The molecule has 19 heavy (non-hydrogen) atoms. The van der Waals surface area contributed by atoms with Gasteiger partial charge in [0.2, 0.25) is 0 Å². The minimum Gasteiger partial charge on any atom is -0.271 e. The molecule has 0 spiro atoms. The first-order valence-electron chi connectivity index (χ1n) is 8.83. The minimum atomic E-state index is 0.566. The third-order valence-electron chi connectivity index (χ3n) is 4.79. The monoisotopic (exact) mass is 268 g/mol. The third-order valence-corrected chi connectivity index (χ3v) is 4.79. The van der Waals surface area contributed by atoms with Gasteiger partial charge in [0.15, 0.2) is 0 Å². The Hall–Kier alpha value is -0.0800. The fourth-order valence-corrected chi connectivity index (χ4v) is 3.39. The minimum absolute atomic E-state index is 0.566. The molecule has 1 saturated carbocycles. The summed E-state index contributed by atoms with van der Waals surface area (Å²) in [6, 6.07) is 0.566. The second-order valence-corrected chi connectivity index (χ2v) is 6.50. The van der Waals surface area contributed by atoms with Crippen molar-refractivity contribution in [2.24, 2.45) is 11.8 Å². The predicted octanol–water partition coefficient (Wildman–Crippen LogP) is 4.93. The molecule has 1 unspecified atom stereocenters. The summed E-state index contributed by atoms with van der Waals surface area (Å²) in [6.07, 6.45) is 19.6. The Morgan fingerprint density at radius 3 is 2.21 bits per heavy atom. The average Bonchev–Trinajstić information content (AvgIpc) is 2.94. The Balaban J connectivity index is 1.92. The maximum atomic E-state index is 5.69. The van der Waals surface area contributed by atoms with Crippen LogP contribution in [0.25, 0.3) is 0 Å². The second-order valence-electron chi connectivity index (χ2n) is 6.50. The van der Waals surface area contributed by atoms with Gasteiger partial charge in [0.25, 0.3) is 0 Å². The molecule has 1 rings (SSSR count). The van der Waals surface area contributed by atoms with Gasteiger partial charge in [-0.15, -0.1) is 0 Å². The summed E-state index contributed by atoms with van der Waals surface area (Å²) in [7, 11) is 0. The van der Waals surface area contributed by atoms with E-state index in [1.165, 1.54) is 89.9 Å². The van der Waals surface area contributed by atoms with E-state index in [1.807, 2.05) is 0 Å². The van der Waals surface area contributed by atoms with Crippen molar-refractivity contribution in [3.05, 3.63) is 0 Å². The van der Waals surface area contributed by atoms with Crippen molar-refractivity contribution >= 4 is 0 Å². The lowest BCUT2D eigenvalue weighted by Gasteiger charge is -2.18. The van der Waals surface area contributed by atoms with Gasteiger partial charge in [0, 0.05) is 6.04 Å². The smallest absolute Gasteiger partial charge is 0.0210 e. The summed E-state index contributed by atoms with van der Waals surface area (Å²) < 4.78 is 0. The summed E-state index contributed by atoms with van der Waals surface area (Å²) in [5.41, 5.74) is 3.04. The molecule has 0 aromatic carbocycles. The number of rotatable bonds is 12. The average molecular weight is 268 g/mol. The largest absolute Gasteiger partial charge is 0.271 e. The number of unbranched alkanes of at least 4 members (excludes halogenated alkanes) is 6. The van der Waals surface area contributed by atoms with Gasteiger partial charge in [-0.2, -0.15) is 0 Å². The molecule has 0 amide bonds. The van der Waals surface area contributed by atoms with Gasteiger partial charge >= 0.3 is 0 Å². The van der Waals surface area contributed by atoms with E-state index in [-0.39, 0.29) is 0 Å². The van der Waals surface area contributed by atoms with E-state index >= 15 is 0 Å². The summed E-state index contributed by atoms with van der Waals surface area (Å²) in [5, 5.41) is 0. The maximum absolute atomic E-state index is 5.69. The molecule has 2 heteroatoms. The van der Waals surface area contributed by atoms with Crippen molar-refractivity contribution in [1.82, 2.24) is 5.43 Å². The molecule has 114 valence electrons. The zero-order chi connectivity index (χ0) is 13.8. The lowest BCUT2D eigenvalue weighted by molar-refractivity contribution is 0.383. The van der Waals surface area contributed by atoms with Crippen molar-refractivity contribution in [3.63, 3.8) is 0 Å². The Bertz CT molecular complexity index is 188. The molecular weight excluding hydrogens is 232 g/mol. The summed E-state index contributed by atoms with van der Waals surface area (Å²) in [5.74, 6) is 6.69. The Labute approximate surface area is 120 Å². The van der Waals surface area contributed by atoms with Crippen LogP contribution in [0.15, 0.2) is 0 Å². The highest BCUT2D eigenvalue weighted by Crippen LogP contribution is 2.29. The normalized spacial score (nSPS) is 18.0. The molecule has 0 aliphatic heterocycles. The van der Waals surface area contributed by atoms with E-state index in [1.54, 1.807) is 0 Å². The lowest BCUT2D eigenvalue weighted by atomic mass is 9.96. The van der Waals surface area contributed by atoms with Crippen molar-refractivity contribution in [2.45, 2.75) is 103 Å². The molecule has 2 nitrogen and oxygen atoms in total. The molecule has 1 aliphatic rings. The van der Waals surface area contributed by atoms with Crippen molar-refractivity contribution in [3.8, 4) is 0 Å². The number of hydrogen-bond acceptors (Lipinski definition) is 2. The van der Waals surface area contributed by atoms with Crippen LogP contribution in [0.3, 0.4) is 0 Å². The van der Waals surface area contributed by atoms with E-state index < -0.39 is 0 Å². The number of hydrazine groups is 1. The molecule has 1 aliphatic carbocycles. The quantitative estimate of drug-likeness (QED) is 0.299. The third kappa shape index (κ3) is 8.65. The number of nitrogens with one attached hydrogen (secondary N) is 1. The van der Waals surface area contributed by atoms with Gasteiger partial charge in [-0.1, -0.05) is 77.6 Å². The zero-order valence-electron chi connectivity index (χ0n) is 13.1. The van der Waals surface area contributed by atoms with E-state index in [4.69, 9.17) is 5.84 Å². The van der Waals surface area contributed by atoms with E-state index in [0.717, 1.165) is 5.92 Å². The molecule has 0 aromatic heterocycles. The molecule has 0 saturated heterocycles. The van der Waals surface area contributed by atoms with Crippen LogP contribution >= 0.6 is 0 Å². The molecule has 0 aromatic rings.